The van der Waals surface area contributed by atoms with E-state index in [1.165, 1.54) is 6.92 Å². The number of benzene rings is 2. The van der Waals surface area contributed by atoms with E-state index in [9.17, 15) is 9.59 Å². The molecule has 0 radical (unpaired) electrons. The highest BCUT2D eigenvalue weighted by atomic mass is 32.2. The van der Waals surface area contributed by atoms with Gasteiger partial charge in [0.25, 0.3) is 5.91 Å². The molecule has 0 unspecified atom stereocenters. The van der Waals surface area contributed by atoms with Crippen LogP contribution in [-0.4, -0.2) is 62.1 Å². The summed E-state index contributed by atoms with van der Waals surface area (Å²) in [5.74, 6) is 0.0417. The van der Waals surface area contributed by atoms with Gasteiger partial charge in [0.05, 0.1) is 12.4 Å². The van der Waals surface area contributed by atoms with Crippen LogP contribution in [0.25, 0.3) is 4.91 Å². The smallest absolute Gasteiger partial charge is 0.303 e. The molecule has 32 heavy (non-hydrogen) atoms. The second kappa shape index (κ2) is 10.7. The standard InChI is InChI=1S/C25H30N2O4S/c1-17-23(19-9-7-6-8-10-19)32-24(20-11-13-21(30-5)14-12-20)22(31-18(2)28)25(29)27(17)16-15-26(3)4/h6-14,22,24H,15-16H2,1-5H3/t22-,24-/m0/s1. The lowest BCUT2D eigenvalue weighted by molar-refractivity contribution is -0.157. The molecule has 0 N–H and O–H groups in total. The van der Waals surface area contributed by atoms with E-state index in [2.05, 4.69) is 0 Å². The van der Waals surface area contributed by atoms with E-state index in [4.69, 9.17) is 9.47 Å². The summed E-state index contributed by atoms with van der Waals surface area (Å²) < 4.78 is 10.9. The van der Waals surface area contributed by atoms with E-state index in [1.807, 2.05) is 80.5 Å². The molecule has 0 spiro atoms. The second-order valence-corrected chi connectivity index (χ2v) is 9.07. The van der Waals surface area contributed by atoms with Gasteiger partial charge in [-0.15, -0.1) is 11.8 Å². The maximum atomic E-state index is 13.7. The summed E-state index contributed by atoms with van der Waals surface area (Å²) in [7, 11) is 5.55. The summed E-state index contributed by atoms with van der Waals surface area (Å²) in [5, 5.41) is -0.396. The monoisotopic (exact) mass is 454 g/mol. The summed E-state index contributed by atoms with van der Waals surface area (Å²) in [4.78, 5) is 30.5. The number of carbonyl (C=O) groups excluding carboxylic acids is 2. The average molecular weight is 455 g/mol. The minimum atomic E-state index is -0.941. The molecule has 0 saturated heterocycles. The van der Waals surface area contributed by atoms with Crippen molar-refractivity contribution in [3.05, 3.63) is 71.4 Å². The van der Waals surface area contributed by atoms with Crippen LogP contribution in [0.2, 0.25) is 0 Å². The molecular formula is C25H30N2O4S. The molecule has 1 aliphatic heterocycles. The van der Waals surface area contributed by atoms with Gasteiger partial charge in [-0.2, -0.15) is 0 Å². The summed E-state index contributed by atoms with van der Waals surface area (Å²) >= 11 is 1.56. The van der Waals surface area contributed by atoms with E-state index in [0.29, 0.717) is 13.1 Å². The SMILES string of the molecule is COc1ccc([C@@H]2SC(c3ccccc3)=C(C)N(CCN(C)C)C(=O)[C@H]2OC(C)=O)cc1. The molecule has 1 aliphatic rings. The number of hydrogen-bond donors (Lipinski definition) is 0. The number of nitrogens with zero attached hydrogens (tertiary/aromatic N) is 2. The van der Waals surface area contributed by atoms with Gasteiger partial charge < -0.3 is 19.3 Å². The number of thioether (sulfide) groups is 1. The molecule has 1 heterocycles. The number of ether oxygens (including phenoxy) is 2. The maximum absolute atomic E-state index is 13.7. The van der Waals surface area contributed by atoms with E-state index < -0.39 is 17.3 Å². The average Bonchev–Trinajstić information content (AvgIpc) is 2.88. The van der Waals surface area contributed by atoms with Crippen molar-refractivity contribution in [2.24, 2.45) is 0 Å². The summed E-state index contributed by atoms with van der Waals surface area (Å²) in [6, 6.07) is 17.6. The normalized spacial score (nSPS) is 19.2. The van der Waals surface area contributed by atoms with Crippen molar-refractivity contribution in [1.82, 2.24) is 9.80 Å². The first-order valence-corrected chi connectivity index (χ1v) is 11.4. The lowest BCUT2D eigenvalue weighted by atomic mass is 10.1. The van der Waals surface area contributed by atoms with E-state index in [-0.39, 0.29) is 5.91 Å². The van der Waals surface area contributed by atoms with Crippen molar-refractivity contribution in [1.29, 1.82) is 0 Å². The predicted octanol–water partition coefficient (Wildman–Crippen LogP) is 4.19. The summed E-state index contributed by atoms with van der Waals surface area (Å²) in [6.07, 6.45) is -0.941. The van der Waals surface area contributed by atoms with Crippen LogP contribution in [-0.2, 0) is 14.3 Å². The third kappa shape index (κ3) is 5.53. The fourth-order valence-corrected chi connectivity index (χ4v) is 5.01. The number of amides is 1. The van der Waals surface area contributed by atoms with Crippen molar-refractivity contribution in [2.75, 3.05) is 34.3 Å². The van der Waals surface area contributed by atoms with Crippen LogP contribution >= 0.6 is 11.8 Å². The summed E-state index contributed by atoms with van der Waals surface area (Å²) in [5.41, 5.74) is 2.78. The molecule has 2 aromatic rings. The first-order valence-electron chi connectivity index (χ1n) is 10.5. The zero-order valence-electron chi connectivity index (χ0n) is 19.2. The zero-order chi connectivity index (χ0) is 23.3. The van der Waals surface area contributed by atoms with Crippen LogP contribution in [0.1, 0.15) is 30.2 Å². The number of methoxy groups -OCH3 is 1. The van der Waals surface area contributed by atoms with Gasteiger partial charge in [0.1, 0.15) is 5.75 Å². The van der Waals surface area contributed by atoms with Gasteiger partial charge in [-0.1, -0.05) is 42.5 Å². The number of likely N-dealkylation sites (N-methyl/N-ethyl adjacent to an activating group) is 1. The topological polar surface area (TPSA) is 59.1 Å². The van der Waals surface area contributed by atoms with Gasteiger partial charge in [-0.25, -0.2) is 0 Å². The zero-order valence-corrected chi connectivity index (χ0v) is 20.0. The molecule has 2 aromatic carbocycles. The van der Waals surface area contributed by atoms with Gasteiger partial charge in [0.2, 0.25) is 0 Å². The predicted molar refractivity (Wildman–Crippen MR) is 128 cm³/mol. The number of carbonyl (C=O) groups is 2. The Morgan fingerprint density at radius 2 is 1.75 bits per heavy atom. The van der Waals surface area contributed by atoms with Gasteiger partial charge in [0, 0.05) is 30.6 Å². The Morgan fingerprint density at radius 3 is 2.31 bits per heavy atom. The largest absolute Gasteiger partial charge is 0.497 e. The Kier molecular flexibility index (Phi) is 7.99. The fourth-order valence-electron chi connectivity index (χ4n) is 3.62. The summed E-state index contributed by atoms with van der Waals surface area (Å²) in [6.45, 7) is 4.50. The van der Waals surface area contributed by atoms with Crippen LogP contribution in [0.5, 0.6) is 5.75 Å². The lowest BCUT2D eigenvalue weighted by Gasteiger charge is -2.29. The van der Waals surface area contributed by atoms with Crippen LogP contribution in [0, 0.1) is 0 Å². The Bertz CT molecular complexity index is 973. The van der Waals surface area contributed by atoms with Crippen LogP contribution in [0.3, 0.4) is 0 Å². The minimum Gasteiger partial charge on any atom is -0.497 e. The quantitative estimate of drug-likeness (QED) is 0.585. The molecule has 170 valence electrons. The molecule has 0 bridgehead atoms. The van der Waals surface area contributed by atoms with Crippen LogP contribution in [0.4, 0.5) is 0 Å². The third-order valence-corrected chi connectivity index (χ3v) is 6.85. The molecule has 3 rings (SSSR count). The minimum absolute atomic E-state index is 0.209. The Hall–Kier alpha value is -2.77. The van der Waals surface area contributed by atoms with Crippen molar-refractivity contribution >= 4 is 28.5 Å². The molecule has 0 aromatic heterocycles. The highest BCUT2D eigenvalue weighted by molar-refractivity contribution is 8.08. The highest BCUT2D eigenvalue weighted by Gasteiger charge is 2.41. The number of rotatable bonds is 7. The van der Waals surface area contributed by atoms with Crippen molar-refractivity contribution in [2.45, 2.75) is 25.2 Å². The van der Waals surface area contributed by atoms with Crippen molar-refractivity contribution in [3.63, 3.8) is 0 Å². The molecule has 2 atom stereocenters. The Labute approximate surface area is 194 Å². The lowest BCUT2D eigenvalue weighted by Crippen LogP contribution is -2.43. The van der Waals surface area contributed by atoms with E-state index >= 15 is 0 Å². The molecule has 0 aliphatic carbocycles. The number of hydrogen-bond acceptors (Lipinski definition) is 6. The third-order valence-electron chi connectivity index (χ3n) is 5.31. The van der Waals surface area contributed by atoms with Crippen molar-refractivity contribution < 1.29 is 19.1 Å². The first-order chi connectivity index (χ1) is 15.3. The van der Waals surface area contributed by atoms with Gasteiger partial charge in [-0.3, -0.25) is 9.59 Å². The van der Waals surface area contributed by atoms with Crippen LogP contribution < -0.4 is 4.74 Å². The molecule has 0 saturated carbocycles. The van der Waals surface area contributed by atoms with Crippen molar-refractivity contribution in [3.8, 4) is 5.75 Å². The van der Waals surface area contributed by atoms with Gasteiger partial charge >= 0.3 is 5.97 Å². The molecular weight excluding hydrogens is 424 g/mol. The second-order valence-electron chi connectivity index (χ2n) is 7.92. The molecule has 6 nitrogen and oxygen atoms in total. The van der Waals surface area contributed by atoms with E-state index in [1.54, 1.807) is 23.8 Å². The Morgan fingerprint density at radius 1 is 1.09 bits per heavy atom. The molecule has 1 amide bonds. The van der Waals surface area contributed by atoms with Crippen LogP contribution in [0.15, 0.2) is 60.3 Å². The Balaban J connectivity index is 2.13. The van der Waals surface area contributed by atoms with Gasteiger partial charge in [0.15, 0.2) is 6.10 Å². The molecule has 7 heteroatoms. The molecule has 0 fully saturated rings. The van der Waals surface area contributed by atoms with Gasteiger partial charge in [-0.05, 0) is 44.3 Å². The fraction of sp³-hybridized carbons (Fsp3) is 0.360. The number of esters is 1. The number of allylic oxidation sites excluding steroid dienone is 1. The first kappa shape index (κ1) is 23.9. The highest BCUT2D eigenvalue weighted by Crippen LogP contribution is 2.48. The maximum Gasteiger partial charge on any atom is 0.303 e. The van der Waals surface area contributed by atoms with E-state index in [0.717, 1.165) is 27.5 Å².